The summed E-state index contributed by atoms with van der Waals surface area (Å²) in [7, 11) is 0. The van der Waals surface area contributed by atoms with E-state index in [1.54, 1.807) is 30.0 Å². The van der Waals surface area contributed by atoms with Gasteiger partial charge in [-0.2, -0.15) is 0 Å². The van der Waals surface area contributed by atoms with E-state index in [2.05, 4.69) is 5.32 Å². The summed E-state index contributed by atoms with van der Waals surface area (Å²) in [6.45, 7) is 3.15. The molecule has 2 aliphatic heterocycles. The van der Waals surface area contributed by atoms with Crippen molar-refractivity contribution in [1.29, 1.82) is 0 Å². The standard InChI is InChI=1S/C24H25ClF2N2O2/c1-15(22-19(25)3-2-4-20(22)27)23(31)29-11-9-24(10-12-29)13-21(30)28-14-18(24)16-5-7-17(26)8-6-16/h2-8,15,18H,9-14H2,1H3,(H,28,30)/t15?,18-/m0/s1. The van der Waals surface area contributed by atoms with Crippen molar-refractivity contribution in [1.82, 2.24) is 10.2 Å². The van der Waals surface area contributed by atoms with Crippen LogP contribution in [0.2, 0.25) is 5.02 Å². The Balaban J connectivity index is 1.52. The van der Waals surface area contributed by atoms with Gasteiger partial charge < -0.3 is 10.2 Å². The van der Waals surface area contributed by atoms with Crippen molar-refractivity contribution < 1.29 is 18.4 Å². The second-order valence-electron chi connectivity index (χ2n) is 8.63. The van der Waals surface area contributed by atoms with Crippen LogP contribution in [0.15, 0.2) is 42.5 Å². The molecule has 0 radical (unpaired) electrons. The fourth-order valence-electron chi connectivity index (χ4n) is 5.12. The maximum atomic E-state index is 14.3. The van der Waals surface area contributed by atoms with E-state index in [9.17, 15) is 18.4 Å². The molecule has 0 aliphatic carbocycles. The Bertz CT molecular complexity index is 967. The van der Waals surface area contributed by atoms with Crippen LogP contribution in [-0.4, -0.2) is 36.3 Å². The molecule has 4 rings (SSSR count). The number of hydrogen-bond acceptors (Lipinski definition) is 2. The van der Waals surface area contributed by atoms with Gasteiger partial charge in [0.1, 0.15) is 11.6 Å². The molecule has 7 heteroatoms. The number of carbonyl (C=O) groups excluding carboxylic acids is 2. The fraction of sp³-hybridized carbons (Fsp3) is 0.417. The van der Waals surface area contributed by atoms with E-state index in [0.717, 1.165) is 5.56 Å². The molecule has 2 aromatic carbocycles. The second-order valence-corrected chi connectivity index (χ2v) is 9.04. The van der Waals surface area contributed by atoms with Crippen LogP contribution >= 0.6 is 11.6 Å². The topological polar surface area (TPSA) is 49.4 Å². The molecule has 0 saturated carbocycles. The Morgan fingerprint density at radius 1 is 1.16 bits per heavy atom. The molecule has 1 spiro atoms. The molecular formula is C24H25ClF2N2O2. The molecule has 1 unspecified atom stereocenters. The number of amides is 2. The summed E-state index contributed by atoms with van der Waals surface area (Å²) in [5, 5.41) is 3.18. The van der Waals surface area contributed by atoms with Gasteiger partial charge in [-0.15, -0.1) is 0 Å². The van der Waals surface area contributed by atoms with Crippen molar-refractivity contribution in [3.8, 4) is 0 Å². The van der Waals surface area contributed by atoms with Gasteiger partial charge in [-0.05, 0) is 55.0 Å². The highest BCUT2D eigenvalue weighted by atomic mass is 35.5. The Kier molecular flexibility index (Phi) is 6.02. The average Bonchev–Trinajstić information content (AvgIpc) is 2.74. The van der Waals surface area contributed by atoms with Gasteiger partial charge in [-0.1, -0.05) is 29.8 Å². The van der Waals surface area contributed by atoms with Gasteiger partial charge in [0, 0.05) is 42.6 Å². The van der Waals surface area contributed by atoms with Crippen LogP contribution in [0.4, 0.5) is 8.78 Å². The number of nitrogens with zero attached hydrogens (tertiary/aromatic N) is 1. The Morgan fingerprint density at radius 3 is 2.48 bits per heavy atom. The molecule has 2 aromatic rings. The summed E-state index contributed by atoms with van der Waals surface area (Å²) in [5.74, 6) is -1.57. The number of halogens is 3. The highest BCUT2D eigenvalue weighted by molar-refractivity contribution is 6.31. The summed E-state index contributed by atoms with van der Waals surface area (Å²) >= 11 is 6.16. The zero-order valence-electron chi connectivity index (χ0n) is 17.3. The Labute approximate surface area is 185 Å². The molecule has 164 valence electrons. The number of piperidine rings is 2. The van der Waals surface area contributed by atoms with Gasteiger partial charge in [0.05, 0.1) is 5.92 Å². The third kappa shape index (κ3) is 4.18. The van der Waals surface area contributed by atoms with Crippen molar-refractivity contribution in [2.75, 3.05) is 19.6 Å². The van der Waals surface area contributed by atoms with Crippen LogP contribution in [-0.2, 0) is 9.59 Å². The van der Waals surface area contributed by atoms with Gasteiger partial charge in [-0.3, -0.25) is 9.59 Å². The molecule has 2 amide bonds. The fourth-order valence-corrected chi connectivity index (χ4v) is 5.45. The summed E-state index contributed by atoms with van der Waals surface area (Å²) in [4.78, 5) is 27.1. The van der Waals surface area contributed by atoms with Crippen LogP contribution in [0.25, 0.3) is 0 Å². The summed E-state index contributed by atoms with van der Waals surface area (Å²) in [6.07, 6.45) is 1.70. The summed E-state index contributed by atoms with van der Waals surface area (Å²) < 4.78 is 27.7. The molecule has 0 bridgehead atoms. The molecule has 2 saturated heterocycles. The SMILES string of the molecule is CC(C(=O)N1CCC2(CC1)CC(=O)NC[C@H]2c1ccc(F)cc1)c1c(F)cccc1Cl. The van der Waals surface area contributed by atoms with Crippen molar-refractivity contribution in [2.45, 2.75) is 38.0 Å². The van der Waals surface area contributed by atoms with Crippen LogP contribution < -0.4 is 5.32 Å². The van der Waals surface area contributed by atoms with Crippen LogP contribution in [0.5, 0.6) is 0 Å². The van der Waals surface area contributed by atoms with E-state index in [-0.39, 0.29) is 39.6 Å². The zero-order chi connectivity index (χ0) is 22.2. The van der Waals surface area contributed by atoms with Crippen molar-refractivity contribution >= 4 is 23.4 Å². The van der Waals surface area contributed by atoms with Crippen molar-refractivity contribution in [3.63, 3.8) is 0 Å². The maximum Gasteiger partial charge on any atom is 0.229 e. The quantitative estimate of drug-likeness (QED) is 0.747. The van der Waals surface area contributed by atoms with E-state index in [4.69, 9.17) is 11.6 Å². The average molecular weight is 447 g/mol. The number of rotatable bonds is 3. The van der Waals surface area contributed by atoms with E-state index in [0.29, 0.717) is 38.9 Å². The van der Waals surface area contributed by atoms with E-state index in [1.807, 2.05) is 0 Å². The van der Waals surface area contributed by atoms with E-state index >= 15 is 0 Å². The van der Waals surface area contributed by atoms with Gasteiger partial charge in [0.25, 0.3) is 0 Å². The minimum absolute atomic E-state index is 0.00430. The predicted molar refractivity (Wildman–Crippen MR) is 115 cm³/mol. The second kappa shape index (κ2) is 8.58. The number of benzene rings is 2. The number of carbonyl (C=O) groups is 2. The molecule has 2 heterocycles. The van der Waals surface area contributed by atoms with E-state index in [1.165, 1.54) is 24.3 Å². The number of likely N-dealkylation sites (tertiary alicyclic amines) is 1. The largest absolute Gasteiger partial charge is 0.355 e. The molecule has 2 aliphatic rings. The van der Waals surface area contributed by atoms with E-state index < -0.39 is 11.7 Å². The molecule has 31 heavy (non-hydrogen) atoms. The lowest BCUT2D eigenvalue weighted by Crippen LogP contribution is -2.53. The molecule has 2 atom stereocenters. The zero-order valence-corrected chi connectivity index (χ0v) is 18.1. The Hall–Kier alpha value is -2.47. The first kappa shape index (κ1) is 21.8. The van der Waals surface area contributed by atoms with Gasteiger partial charge in [-0.25, -0.2) is 8.78 Å². The van der Waals surface area contributed by atoms with Gasteiger partial charge in [0.15, 0.2) is 0 Å². The van der Waals surface area contributed by atoms with Gasteiger partial charge in [0.2, 0.25) is 11.8 Å². The molecule has 4 nitrogen and oxygen atoms in total. The van der Waals surface area contributed by atoms with Crippen LogP contribution in [0.3, 0.4) is 0 Å². The molecule has 2 fully saturated rings. The predicted octanol–water partition coefficient (Wildman–Crippen LogP) is 4.63. The minimum Gasteiger partial charge on any atom is -0.355 e. The Morgan fingerprint density at radius 2 is 1.84 bits per heavy atom. The lowest BCUT2D eigenvalue weighted by Gasteiger charge is -2.49. The molecular weight excluding hydrogens is 422 g/mol. The van der Waals surface area contributed by atoms with Crippen molar-refractivity contribution in [2.24, 2.45) is 5.41 Å². The smallest absolute Gasteiger partial charge is 0.229 e. The number of hydrogen-bond donors (Lipinski definition) is 1. The maximum absolute atomic E-state index is 14.3. The first-order valence-electron chi connectivity index (χ1n) is 10.6. The minimum atomic E-state index is -0.690. The highest BCUT2D eigenvalue weighted by Crippen LogP contribution is 2.49. The van der Waals surface area contributed by atoms with Crippen LogP contribution in [0, 0.1) is 17.0 Å². The molecule has 1 N–H and O–H groups in total. The molecule has 0 aromatic heterocycles. The van der Waals surface area contributed by atoms with Crippen LogP contribution in [0.1, 0.15) is 49.1 Å². The number of nitrogens with one attached hydrogen (secondary N) is 1. The third-order valence-corrected chi connectivity index (χ3v) is 7.23. The first-order valence-corrected chi connectivity index (χ1v) is 10.9. The first-order chi connectivity index (χ1) is 14.8. The monoisotopic (exact) mass is 446 g/mol. The van der Waals surface area contributed by atoms with Gasteiger partial charge >= 0.3 is 0 Å². The van der Waals surface area contributed by atoms with Crippen molar-refractivity contribution in [3.05, 3.63) is 70.2 Å². The third-order valence-electron chi connectivity index (χ3n) is 6.90. The summed E-state index contributed by atoms with van der Waals surface area (Å²) in [6, 6.07) is 10.9. The summed E-state index contributed by atoms with van der Waals surface area (Å²) in [5.41, 5.74) is 0.930. The normalized spacial score (nSPS) is 21.6. The lowest BCUT2D eigenvalue weighted by atomic mass is 9.62. The highest BCUT2D eigenvalue weighted by Gasteiger charge is 2.47. The lowest BCUT2D eigenvalue weighted by molar-refractivity contribution is -0.137.